The number of nitrogens with zero attached hydrogens (tertiary/aromatic N) is 9. The van der Waals surface area contributed by atoms with Gasteiger partial charge in [0.15, 0.2) is 15.5 Å². The van der Waals surface area contributed by atoms with Crippen LogP contribution in [-0.4, -0.2) is 28.7 Å². The minimum absolute atomic E-state index is 0.186. The smallest absolute Gasteiger partial charge is 0.175 e. The second-order valence-electron chi connectivity index (χ2n) is 29.8. The van der Waals surface area contributed by atoms with Crippen molar-refractivity contribution >= 4 is 120 Å². The van der Waals surface area contributed by atoms with Crippen LogP contribution in [0.3, 0.4) is 0 Å². The fourth-order valence-electron chi connectivity index (χ4n) is 18.0. The molecular weight excluding hydrogens is 1470 g/mol. The van der Waals surface area contributed by atoms with E-state index >= 15 is 0 Å². The molecule has 1 aliphatic carbocycles. The average molecular weight is 1550 g/mol. The Morgan fingerprint density at radius 2 is 0.483 bits per heavy atom. The van der Waals surface area contributed by atoms with E-state index in [0.29, 0.717) is 0 Å². The topological polar surface area (TPSA) is 63.2 Å². The summed E-state index contributed by atoms with van der Waals surface area (Å²) >= 11 is 5.27. The highest BCUT2D eigenvalue weighted by molar-refractivity contribution is 7.99. The van der Waals surface area contributed by atoms with Gasteiger partial charge in [-0.2, -0.15) is 0 Å². The molecule has 19 aromatic rings. The predicted octanol–water partition coefficient (Wildman–Crippen LogP) is 27.4. The molecule has 6 heterocycles. The van der Waals surface area contributed by atoms with Crippen molar-refractivity contribution in [2.75, 3.05) is 14.7 Å². The minimum Gasteiger partial charge on any atom is -0.310 e. The molecule has 12 heteroatoms. The van der Waals surface area contributed by atoms with E-state index in [4.69, 9.17) is 15.0 Å². The zero-order valence-electron chi connectivity index (χ0n) is 63.6. The summed E-state index contributed by atoms with van der Waals surface area (Å²) in [7, 11) is 0. The standard InChI is InChI=1S/C38H25N3S.C38H27N3S.C28H23N3S/c1-3-13-26(14-4-1)40(27-15-5-2-6-16-27)28-23-24-33-36(25-28)42-37-39-34-21-11-12-22-35(34)41(37)38(33)31-19-9-7-17-29(31)30-18-8-10-20-32(30)38;1-5-15-28(16-6-1)38(29-17-7-2-8-18-29)33-26-25-32(40(30-19-9-3-10-20-30)31-21-11-4-12-22-31)27-36(33)42-37-39-34-23-13-14-24-35(34)41(37)38;1-28(2)23-18-17-22(30(20-11-5-3-6-12-20)21-13-7-4-8-14-21)19-26(23)32-27-29-24-15-9-10-16-25(24)31(27)28/h1-25H;1-27H;3-19H,1-2H3. The highest BCUT2D eigenvalue weighted by Crippen LogP contribution is 2.61. The lowest BCUT2D eigenvalue weighted by molar-refractivity contribution is 0.402. The van der Waals surface area contributed by atoms with Crippen LogP contribution in [0.2, 0.25) is 0 Å². The van der Waals surface area contributed by atoms with Crippen molar-refractivity contribution < 1.29 is 0 Å². The van der Waals surface area contributed by atoms with E-state index in [1.54, 1.807) is 35.3 Å². The molecule has 0 bridgehead atoms. The second-order valence-corrected chi connectivity index (χ2v) is 32.9. The number of fused-ring (bicyclic) bond motifs is 19. The quantitative estimate of drug-likeness (QED) is 0.126. The first-order valence-corrected chi connectivity index (χ1v) is 41.7. The number of rotatable bonds is 11. The van der Waals surface area contributed by atoms with Gasteiger partial charge in [0.05, 0.1) is 38.6 Å². The molecule has 0 N–H and O–H groups in total. The molecule has 16 aromatic carbocycles. The van der Waals surface area contributed by atoms with Gasteiger partial charge >= 0.3 is 0 Å². The Kier molecular flexibility index (Phi) is 17.6. The van der Waals surface area contributed by atoms with E-state index in [1.807, 2.05) is 0 Å². The monoisotopic (exact) mass is 1550 g/mol. The van der Waals surface area contributed by atoms with Crippen LogP contribution in [0.4, 0.5) is 51.2 Å². The Morgan fingerprint density at radius 3 is 0.836 bits per heavy atom. The van der Waals surface area contributed by atoms with Gasteiger partial charge in [0.2, 0.25) is 0 Å². The van der Waals surface area contributed by atoms with Gasteiger partial charge in [0.1, 0.15) is 11.1 Å². The van der Waals surface area contributed by atoms with E-state index in [9.17, 15) is 0 Å². The molecule has 0 atom stereocenters. The molecule has 9 nitrogen and oxygen atoms in total. The van der Waals surface area contributed by atoms with Crippen molar-refractivity contribution in [1.82, 2.24) is 28.7 Å². The number of hydrogen-bond donors (Lipinski definition) is 0. The van der Waals surface area contributed by atoms with Gasteiger partial charge in [0, 0.05) is 77.0 Å². The number of para-hydroxylation sites is 12. The third-order valence-electron chi connectivity index (χ3n) is 22.9. The molecule has 3 aliphatic heterocycles. The lowest BCUT2D eigenvalue weighted by Gasteiger charge is -2.42. The summed E-state index contributed by atoms with van der Waals surface area (Å²) < 4.78 is 7.32. The fraction of sp³-hybridized carbons (Fsp3) is 0.0481. The Bertz CT molecular complexity index is 6440. The first-order valence-electron chi connectivity index (χ1n) is 39.2. The molecule has 4 aliphatic rings. The molecule has 23 rings (SSSR count). The van der Waals surface area contributed by atoms with Crippen molar-refractivity contribution in [2.24, 2.45) is 0 Å². The first kappa shape index (κ1) is 70.3. The van der Waals surface area contributed by atoms with E-state index in [0.717, 1.165) is 94.2 Å². The van der Waals surface area contributed by atoms with Gasteiger partial charge in [-0.1, -0.05) is 308 Å². The molecule has 1 spiro atoms. The molecule has 554 valence electrons. The molecule has 0 amide bonds. The maximum Gasteiger partial charge on any atom is 0.175 e. The van der Waals surface area contributed by atoms with Crippen LogP contribution in [0.15, 0.2) is 449 Å². The number of aromatic nitrogens is 6. The Labute approximate surface area is 687 Å². The van der Waals surface area contributed by atoms with Crippen molar-refractivity contribution in [3.8, 4) is 11.1 Å². The van der Waals surface area contributed by atoms with Crippen molar-refractivity contribution in [3.05, 3.63) is 458 Å². The molecule has 3 aromatic heterocycles. The van der Waals surface area contributed by atoms with Gasteiger partial charge < -0.3 is 19.3 Å². The molecule has 0 saturated carbocycles. The molecule has 116 heavy (non-hydrogen) atoms. The third kappa shape index (κ3) is 11.6. The lowest BCUT2D eigenvalue weighted by Crippen LogP contribution is -2.40. The minimum atomic E-state index is -0.600. The van der Waals surface area contributed by atoms with Crippen molar-refractivity contribution in [2.45, 2.75) is 60.6 Å². The highest BCUT2D eigenvalue weighted by atomic mass is 32.2. The summed E-state index contributed by atoms with van der Waals surface area (Å²) in [5, 5.41) is 3.05. The molecule has 0 unspecified atom stereocenters. The fourth-order valence-corrected chi connectivity index (χ4v) is 21.7. The van der Waals surface area contributed by atoms with Gasteiger partial charge in [-0.05, 0) is 198 Å². The SMILES string of the molecule is CC1(C)c2ccc(N(c3ccccc3)c3ccccc3)cc2Sc2nc3ccccc3n21.c1ccc(N(c2ccccc2)c2ccc3c(c2)Sc2nc4ccccc4n2C3(c2ccccc2)c2ccccc2)cc1.c1ccc(N(c2ccccc2)c2ccc3c(c2)Sc2nc4ccccc4n2C32c3ccccc3-c3ccccc32)cc1. The van der Waals surface area contributed by atoms with E-state index in [1.165, 1.54) is 70.3 Å². The van der Waals surface area contributed by atoms with Gasteiger partial charge in [0.25, 0.3) is 0 Å². The summed E-state index contributed by atoms with van der Waals surface area (Å²) in [6, 6.07) is 149. The van der Waals surface area contributed by atoms with Crippen LogP contribution in [0.1, 0.15) is 52.8 Å². The van der Waals surface area contributed by atoms with E-state index in [2.05, 4.69) is 461 Å². The Balaban J connectivity index is 0.000000110. The van der Waals surface area contributed by atoms with Crippen LogP contribution >= 0.6 is 35.3 Å². The Morgan fingerprint density at radius 1 is 0.224 bits per heavy atom. The maximum absolute atomic E-state index is 5.22. The summed E-state index contributed by atoms with van der Waals surface area (Å²) in [4.78, 5) is 26.0. The van der Waals surface area contributed by atoms with Gasteiger partial charge in [-0.3, -0.25) is 9.13 Å². The Hall–Kier alpha value is -13.6. The zero-order chi connectivity index (χ0) is 77.3. The number of anilines is 9. The molecule has 0 saturated heterocycles. The zero-order valence-corrected chi connectivity index (χ0v) is 66.0. The van der Waals surface area contributed by atoms with E-state index in [-0.39, 0.29) is 5.54 Å². The number of hydrogen-bond acceptors (Lipinski definition) is 9. The van der Waals surface area contributed by atoms with Crippen LogP contribution in [0, 0.1) is 0 Å². The summed E-state index contributed by atoms with van der Waals surface area (Å²) in [5.41, 5.74) is 26.8. The maximum atomic E-state index is 5.22. The third-order valence-corrected chi connectivity index (χ3v) is 26.0. The van der Waals surface area contributed by atoms with Gasteiger partial charge in [-0.25, -0.2) is 15.0 Å². The largest absolute Gasteiger partial charge is 0.310 e. The van der Waals surface area contributed by atoms with Crippen LogP contribution in [0.5, 0.6) is 0 Å². The summed E-state index contributed by atoms with van der Waals surface area (Å²) in [6.07, 6.45) is 0. The normalized spacial score (nSPS) is 13.7. The predicted molar refractivity (Wildman–Crippen MR) is 479 cm³/mol. The van der Waals surface area contributed by atoms with Crippen LogP contribution in [0.25, 0.3) is 44.2 Å². The molecule has 0 radical (unpaired) electrons. The van der Waals surface area contributed by atoms with Crippen molar-refractivity contribution in [1.29, 1.82) is 0 Å². The highest BCUT2D eigenvalue weighted by Gasteiger charge is 2.52. The average Bonchev–Trinajstić information content (AvgIpc) is 1.52. The van der Waals surface area contributed by atoms with E-state index < -0.39 is 11.1 Å². The van der Waals surface area contributed by atoms with Crippen molar-refractivity contribution in [3.63, 3.8) is 0 Å². The first-order chi connectivity index (χ1) is 57.3. The second kappa shape index (κ2) is 29.1. The van der Waals surface area contributed by atoms with Crippen LogP contribution in [-0.2, 0) is 16.6 Å². The molecule has 0 fully saturated rings. The number of benzene rings is 16. The summed E-state index contributed by atoms with van der Waals surface area (Å²) in [5.74, 6) is 0. The molecular formula is C104H75N9S3. The lowest BCUT2D eigenvalue weighted by atomic mass is 9.76. The van der Waals surface area contributed by atoms with Gasteiger partial charge in [-0.15, -0.1) is 0 Å². The van der Waals surface area contributed by atoms with Crippen LogP contribution < -0.4 is 14.7 Å². The number of imidazole rings is 3. The summed E-state index contributed by atoms with van der Waals surface area (Å²) in [6.45, 7) is 4.57.